The highest BCUT2D eigenvalue weighted by atomic mass is 16.4. The highest BCUT2D eigenvalue weighted by molar-refractivity contribution is 5.88. The second-order valence-corrected chi connectivity index (χ2v) is 4.81. The Kier molecular flexibility index (Phi) is 3.35. The molecule has 21 heavy (non-hydrogen) atoms. The van der Waals surface area contributed by atoms with E-state index in [1.165, 1.54) is 6.07 Å². The summed E-state index contributed by atoms with van der Waals surface area (Å²) in [6, 6.07) is 10.6. The molecule has 0 aliphatic carbocycles. The number of fused-ring (bicyclic) bond motifs is 1. The minimum atomic E-state index is -1.12. The van der Waals surface area contributed by atoms with Gasteiger partial charge in [0.2, 0.25) is 11.7 Å². The number of aromatic carboxylic acids is 1. The maximum absolute atomic E-state index is 12.2. The van der Waals surface area contributed by atoms with E-state index >= 15 is 0 Å². The fraction of sp³-hybridized carbons (Fsp3) is 0.200. The summed E-state index contributed by atoms with van der Waals surface area (Å²) < 4.78 is 5.10. The number of carboxylic acids is 1. The molecule has 1 aromatic heterocycles. The van der Waals surface area contributed by atoms with E-state index in [0.29, 0.717) is 12.3 Å². The molecular weight excluding hydrogens is 272 g/mol. The van der Waals surface area contributed by atoms with Crippen molar-refractivity contribution in [3.05, 3.63) is 53.5 Å². The summed E-state index contributed by atoms with van der Waals surface area (Å²) >= 11 is 0. The highest BCUT2D eigenvalue weighted by Crippen LogP contribution is 2.30. The number of carbonyl (C=O) groups excluding carboxylic acids is 1. The van der Waals surface area contributed by atoms with Crippen LogP contribution in [-0.2, 0) is 11.3 Å². The maximum Gasteiger partial charge on any atom is 0.371 e. The van der Waals surface area contributed by atoms with Crippen molar-refractivity contribution in [2.75, 3.05) is 11.9 Å². The normalized spacial score (nSPS) is 16.1. The van der Waals surface area contributed by atoms with Crippen molar-refractivity contribution in [1.29, 1.82) is 0 Å². The number of carbonyl (C=O) groups is 2. The Morgan fingerprint density at radius 3 is 2.86 bits per heavy atom. The van der Waals surface area contributed by atoms with Gasteiger partial charge in [0, 0.05) is 12.2 Å². The van der Waals surface area contributed by atoms with Gasteiger partial charge in [0.05, 0.1) is 12.5 Å². The molecule has 1 amide bonds. The first kappa shape index (κ1) is 13.2. The minimum absolute atomic E-state index is 0.110. The van der Waals surface area contributed by atoms with Crippen molar-refractivity contribution in [3.8, 4) is 0 Å². The number of carboxylic acid groups (broad SMARTS) is 1. The zero-order chi connectivity index (χ0) is 14.8. The lowest BCUT2D eigenvalue weighted by Crippen LogP contribution is -2.29. The molecule has 6 heteroatoms. The van der Waals surface area contributed by atoms with Crippen LogP contribution in [0.1, 0.15) is 27.8 Å². The van der Waals surface area contributed by atoms with Crippen LogP contribution in [0.4, 0.5) is 5.69 Å². The van der Waals surface area contributed by atoms with E-state index in [1.807, 2.05) is 24.3 Å². The predicted molar refractivity (Wildman–Crippen MR) is 75.2 cm³/mol. The molecule has 3 rings (SSSR count). The lowest BCUT2D eigenvalue weighted by Gasteiger charge is -2.10. The standard InChI is InChI=1S/C15H14N2O4/c18-14(11-8-16-12-4-2-1-3-10(11)12)17-7-9-5-6-13(21-9)15(19)20/h1-6,11,16H,7-8H2,(H,17,18)(H,19,20). The van der Waals surface area contributed by atoms with E-state index in [-0.39, 0.29) is 24.1 Å². The van der Waals surface area contributed by atoms with Crippen molar-refractivity contribution >= 4 is 17.6 Å². The Labute approximate surface area is 120 Å². The molecule has 2 aromatic rings. The van der Waals surface area contributed by atoms with Gasteiger partial charge in [-0.2, -0.15) is 0 Å². The average molecular weight is 286 g/mol. The zero-order valence-electron chi connectivity index (χ0n) is 11.1. The largest absolute Gasteiger partial charge is 0.475 e. The van der Waals surface area contributed by atoms with Gasteiger partial charge in [-0.05, 0) is 23.8 Å². The summed E-state index contributed by atoms with van der Waals surface area (Å²) in [6.45, 7) is 0.731. The summed E-state index contributed by atoms with van der Waals surface area (Å²) in [5, 5.41) is 14.7. The van der Waals surface area contributed by atoms with Crippen LogP contribution in [0.3, 0.4) is 0 Å². The molecule has 1 aliphatic rings. The Bertz CT molecular complexity index is 692. The number of amides is 1. The molecular formula is C15H14N2O4. The maximum atomic E-state index is 12.2. The van der Waals surface area contributed by atoms with Crippen LogP contribution in [0.15, 0.2) is 40.8 Å². The third kappa shape index (κ3) is 2.60. The van der Waals surface area contributed by atoms with Gasteiger partial charge in [0.1, 0.15) is 5.76 Å². The lowest BCUT2D eigenvalue weighted by atomic mass is 10.0. The fourth-order valence-electron chi connectivity index (χ4n) is 2.40. The van der Waals surface area contributed by atoms with Crippen molar-refractivity contribution < 1.29 is 19.1 Å². The molecule has 0 saturated heterocycles. The summed E-state index contributed by atoms with van der Waals surface area (Å²) in [5.41, 5.74) is 1.95. The van der Waals surface area contributed by atoms with Crippen molar-refractivity contribution in [1.82, 2.24) is 5.32 Å². The minimum Gasteiger partial charge on any atom is -0.475 e. The summed E-state index contributed by atoms with van der Waals surface area (Å²) in [7, 11) is 0. The molecule has 1 unspecified atom stereocenters. The molecule has 6 nitrogen and oxygen atoms in total. The molecule has 108 valence electrons. The van der Waals surface area contributed by atoms with E-state index in [1.54, 1.807) is 6.07 Å². The molecule has 0 saturated carbocycles. The van der Waals surface area contributed by atoms with Gasteiger partial charge in [-0.1, -0.05) is 18.2 Å². The first-order valence-electron chi connectivity index (χ1n) is 6.57. The third-order valence-electron chi connectivity index (χ3n) is 3.46. The van der Waals surface area contributed by atoms with E-state index in [4.69, 9.17) is 9.52 Å². The number of hydrogen-bond acceptors (Lipinski definition) is 4. The van der Waals surface area contributed by atoms with Crippen LogP contribution >= 0.6 is 0 Å². The Hall–Kier alpha value is -2.76. The average Bonchev–Trinajstić information content (AvgIpc) is 3.11. The molecule has 0 spiro atoms. The molecule has 0 fully saturated rings. The Balaban J connectivity index is 1.63. The molecule has 0 bridgehead atoms. The molecule has 1 aromatic carbocycles. The summed E-state index contributed by atoms with van der Waals surface area (Å²) in [6.07, 6.45) is 0. The van der Waals surface area contributed by atoms with E-state index in [2.05, 4.69) is 10.6 Å². The van der Waals surface area contributed by atoms with Crippen LogP contribution in [-0.4, -0.2) is 23.5 Å². The van der Waals surface area contributed by atoms with Crippen LogP contribution in [0.2, 0.25) is 0 Å². The van der Waals surface area contributed by atoms with Gasteiger partial charge in [-0.15, -0.1) is 0 Å². The van der Waals surface area contributed by atoms with Crippen LogP contribution < -0.4 is 10.6 Å². The van der Waals surface area contributed by atoms with Crippen molar-refractivity contribution in [2.24, 2.45) is 0 Å². The lowest BCUT2D eigenvalue weighted by molar-refractivity contribution is -0.122. The predicted octanol–water partition coefficient (Wildman–Crippen LogP) is 1.80. The zero-order valence-corrected chi connectivity index (χ0v) is 11.1. The van der Waals surface area contributed by atoms with Crippen LogP contribution in [0, 0.1) is 0 Å². The Morgan fingerprint density at radius 1 is 1.29 bits per heavy atom. The fourth-order valence-corrected chi connectivity index (χ4v) is 2.40. The number of furan rings is 1. The Morgan fingerprint density at radius 2 is 2.10 bits per heavy atom. The van der Waals surface area contributed by atoms with Crippen LogP contribution in [0.25, 0.3) is 0 Å². The van der Waals surface area contributed by atoms with Gasteiger partial charge in [0.15, 0.2) is 0 Å². The van der Waals surface area contributed by atoms with E-state index in [9.17, 15) is 9.59 Å². The highest BCUT2D eigenvalue weighted by Gasteiger charge is 2.27. The number of benzene rings is 1. The van der Waals surface area contributed by atoms with E-state index < -0.39 is 5.97 Å². The van der Waals surface area contributed by atoms with Crippen molar-refractivity contribution in [3.63, 3.8) is 0 Å². The van der Waals surface area contributed by atoms with Gasteiger partial charge in [-0.25, -0.2) is 4.79 Å². The third-order valence-corrected chi connectivity index (χ3v) is 3.46. The summed E-state index contributed by atoms with van der Waals surface area (Å²) in [5.74, 6) is -1.19. The number of para-hydroxylation sites is 1. The first-order valence-corrected chi connectivity index (χ1v) is 6.57. The van der Waals surface area contributed by atoms with Crippen LogP contribution in [0.5, 0.6) is 0 Å². The van der Waals surface area contributed by atoms with Gasteiger partial charge in [0.25, 0.3) is 0 Å². The van der Waals surface area contributed by atoms with Gasteiger partial charge >= 0.3 is 5.97 Å². The monoisotopic (exact) mass is 286 g/mol. The second-order valence-electron chi connectivity index (χ2n) is 4.81. The smallest absolute Gasteiger partial charge is 0.371 e. The molecule has 1 aliphatic heterocycles. The number of rotatable bonds is 4. The first-order chi connectivity index (χ1) is 10.1. The second kappa shape index (κ2) is 5.32. The molecule has 0 radical (unpaired) electrons. The van der Waals surface area contributed by atoms with Gasteiger partial charge in [-0.3, -0.25) is 4.79 Å². The molecule has 3 N–H and O–H groups in total. The number of nitrogens with one attached hydrogen (secondary N) is 2. The van der Waals surface area contributed by atoms with E-state index in [0.717, 1.165) is 11.3 Å². The summed E-state index contributed by atoms with van der Waals surface area (Å²) in [4.78, 5) is 22.9. The van der Waals surface area contributed by atoms with Gasteiger partial charge < -0.3 is 20.2 Å². The number of anilines is 1. The molecule has 1 atom stereocenters. The topological polar surface area (TPSA) is 91.6 Å². The van der Waals surface area contributed by atoms with Crippen molar-refractivity contribution in [2.45, 2.75) is 12.5 Å². The molecule has 2 heterocycles. The number of hydrogen-bond donors (Lipinski definition) is 3. The SMILES string of the molecule is O=C(O)c1ccc(CNC(=O)C2CNc3ccccc32)o1. The quantitative estimate of drug-likeness (QED) is 0.797.